The van der Waals surface area contributed by atoms with Crippen molar-refractivity contribution in [3.63, 3.8) is 0 Å². The fourth-order valence-corrected chi connectivity index (χ4v) is 0.661. The van der Waals surface area contributed by atoms with Crippen LogP contribution in [0.3, 0.4) is 0 Å². The number of halogens is 1. The van der Waals surface area contributed by atoms with Crippen molar-refractivity contribution in [3.05, 3.63) is 35.6 Å². The van der Waals surface area contributed by atoms with E-state index in [9.17, 15) is 9.18 Å². The summed E-state index contributed by atoms with van der Waals surface area (Å²) >= 11 is 0. The fraction of sp³-hybridized carbons (Fsp3) is 0. The molecule has 0 atom stereocenters. The zero-order chi connectivity index (χ0) is 7.56. The molecule has 0 aliphatic heterocycles. The number of rotatable bonds is 1. The van der Waals surface area contributed by atoms with Gasteiger partial charge in [-0.1, -0.05) is 12.1 Å². The molecule has 4 heteroatoms. The molecule has 1 rings (SSSR count). The SMILES string of the molecule is NC(=O)c1ccccc1F.[Na]. The molecule has 0 aliphatic rings. The molecule has 0 aromatic heterocycles. The number of amides is 1. The standard InChI is InChI=1S/C7H6FNO.Na/c8-6-4-2-1-3-5(6)7(9)10;/h1-4H,(H2,9,10);. The molecule has 2 N–H and O–H groups in total. The molecule has 0 fully saturated rings. The minimum absolute atomic E-state index is 0. The molecule has 53 valence electrons. The van der Waals surface area contributed by atoms with E-state index in [-0.39, 0.29) is 35.1 Å². The van der Waals surface area contributed by atoms with Gasteiger partial charge in [0.05, 0.1) is 5.56 Å². The largest absolute Gasteiger partial charge is 0.366 e. The first-order chi connectivity index (χ1) is 4.72. The summed E-state index contributed by atoms with van der Waals surface area (Å²) in [7, 11) is 0. The van der Waals surface area contributed by atoms with Crippen LogP contribution in [0.5, 0.6) is 0 Å². The Morgan fingerprint density at radius 2 is 1.91 bits per heavy atom. The zero-order valence-electron chi connectivity index (χ0n) is 6.17. The Hall–Kier alpha value is -0.380. The van der Waals surface area contributed by atoms with Gasteiger partial charge in [0, 0.05) is 29.6 Å². The molecule has 1 aromatic carbocycles. The van der Waals surface area contributed by atoms with Gasteiger partial charge in [-0.3, -0.25) is 4.79 Å². The van der Waals surface area contributed by atoms with Crippen molar-refractivity contribution in [2.75, 3.05) is 0 Å². The van der Waals surface area contributed by atoms with Crippen LogP contribution in [0.4, 0.5) is 4.39 Å². The summed E-state index contributed by atoms with van der Waals surface area (Å²) in [5.41, 5.74) is 4.77. The van der Waals surface area contributed by atoms with Crippen LogP contribution in [0.2, 0.25) is 0 Å². The summed E-state index contributed by atoms with van der Waals surface area (Å²) in [6.07, 6.45) is 0. The predicted octanol–water partition coefficient (Wildman–Crippen LogP) is 0.544. The molecule has 2 nitrogen and oxygen atoms in total. The molecule has 0 unspecified atom stereocenters. The first-order valence-corrected chi connectivity index (χ1v) is 2.76. The molecule has 0 saturated carbocycles. The average molecular weight is 162 g/mol. The number of primary amides is 1. The molecule has 1 radical (unpaired) electrons. The minimum atomic E-state index is -0.738. The molecule has 0 saturated heterocycles. The van der Waals surface area contributed by atoms with Crippen molar-refractivity contribution in [2.24, 2.45) is 5.73 Å². The van der Waals surface area contributed by atoms with Crippen molar-refractivity contribution in [1.82, 2.24) is 0 Å². The topological polar surface area (TPSA) is 43.1 Å². The second-order valence-corrected chi connectivity index (χ2v) is 1.84. The molecule has 0 spiro atoms. The second kappa shape index (κ2) is 4.49. The van der Waals surface area contributed by atoms with Gasteiger partial charge >= 0.3 is 0 Å². The van der Waals surface area contributed by atoms with Gasteiger partial charge in [-0.05, 0) is 12.1 Å². The fourth-order valence-electron chi connectivity index (χ4n) is 0.661. The van der Waals surface area contributed by atoms with Gasteiger partial charge in [0.25, 0.3) is 5.91 Å². The number of hydrogen-bond donors (Lipinski definition) is 1. The van der Waals surface area contributed by atoms with Crippen molar-refractivity contribution in [1.29, 1.82) is 0 Å². The van der Waals surface area contributed by atoms with Gasteiger partial charge in [0.1, 0.15) is 5.82 Å². The predicted molar refractivity (Wildman–Crippen MR) is 40.7 cm³/mol. The first-order valence-electron chi connectivity index (χ1n) is 2.76. The Kier molecular flexibility index (Phi) is 4.33. The Balaban J connectivity index is 0.000001000. The van der Waals surface area contributed by atoms with E-state index in [1.165, 1.54) is 18.2 Å². The van der Waals surface area contributed by atoms with Crippen molar-refractivity contribution >= 4 is 35.5 Å². The van der Waals surface area contributed by atoms with E-state index in [1.54, 1.807) is 6.07 Å². The molecule has 0 bridgehead atoms. The Morgan fingerprint density at radius 3 is 2.27 bits per heavy atom. The summed E-state index contributed by atoms with van der Waals surface area (Å²) in [4.78, 5) is 10.4. The molecule has 0 heterocycles. The van der Waals surface area contributed by atoms with Gasteiger partial charge in [-0.15, -0.1) is 0 Å². The van der Waals surface area contributed by atoms with Crippen molar-refractivity contribution in [2.45, 2.75) is 0 Å². The minimum Gasteiger partial charge on any atom is -0.366 e. The van der Waals surface area contributed by atoms with Gasteiger partial charge in [0.15, 0.2) is 0 Å². The first kappa shape index (κ1) is 10.6. The van der Waals surface area contributed by atoms with E-state index in [4.69, 9.17) is 5.73 Å². The number of benzene rings is 1. The third-order valence-corrected chi connectivity index (χ3v) is 1.14. The van der Waals surface area contributed by atoms with Crippen molar-refractivity contribution < 1.29 is 9.18 Å². The maximum atomic E-state index is 12.5. The number of hydrogen-bond acceptors (Lipinski definition) is 1. The monoisotopic (exact) mass is 162 g/mol. The summed E-state index contributed by atoms with van der Waals surface area (Å²) in [5.74, 6) is -1.31. The summed E-state index contributed by atoms with van der Waals surface area (Å²) < 4.78 is 12.5. The van der Waals surface area contributed by atoms with Crippen LogP contribution in [0.1, 0.15) is 10.4 Å². The van der Waals surface area contributed by atoms with Crippen LogP contribution in [0, 0.1) is 5.82 Å². The van der Waals surface area contributed by atoms with Gasteiger partial charge in [-0.25, -0.2) is 4.39 Å². The average Bonchev–Trinajstić information content (AvgIpc) is 1.88. The van der Waals surface area contributed by atoms with Crippen LogP contribution in [0.25, 0.3) is 0 Å². The summed E-state index contributed by atoms with van der Waals surface area (Å²) in [6, 6.07) is 5.60. The quantitative estimate of drug-likeness (QED) is 0.602. The van der Waals surface area contributed by atoms with Gasteiger partial charge < -0.3 is 5.73 Å². The van der Waals surface area contributed by atoms with E-state index >= 15 is 0 Å². The molecule has 1 amide bonds. The molecular formula is C7H6FNNaO. The number of carbonyl (C=O) groups excluding carboxylic acids is 1. The van der Waals surface area contributed by atoms with E-state index in [1.807, 2.05) is 0 Å². The molecule has 11 heavy (non-hydrogen) atoms. The van der Waals surface area contributed by atoms with E-state index in [0.29, 0.717) is 0 Å². The van der Waals surface area contributed by atoms with E-state index in [2.05, 4.69) is 0 Å². The smallest absolute Gasteiger partial charge is 0.251 e. The van der Waals surface area contributed by atoms with E-state index < -0.39 is 11.7 Å². The molecule has 0 aliphatic carbocycles. The summed E-state index contributed by atoms with van der Waals surface area (Å²) in [5, 5.41) is 0. The number of carbonyl (C=O) groups is 1. The van der Waals surface area contributed by atoms with Crippen LogP contribution < -0.4 is 5.73 Å². The zero-order valence-corrected chi connectivity index (χ0v) is 8.17. The molecular weight excluding hydrogens is 156 g/mol. The van der Waals surface area contributed by atoms with Crippen LogP contribution >= 0.6 is 0 Å². The van der Waals surface area contributed by atoms with Crippen LogP contribution in [-0.2, 0) is 0 Å². The summed E-state index contributed by atoms with van der Waals surface area (Å²) in [6.45, 7) is 0. The van der Waals surface area contributed by atoms with Crippen LogP contribution in [-0.4, -0.2) is 35.5 Å². The Morgan fingerprint density at radius 1 is 1.36 bits per heavy atom. The maximum Gasteiger partial charge on any atom is 0.251 e. The van der Waals surface area contributed by atoms with Crippen LogP contribution in [0.15, 0.2) is 24.3 Å². The normalized spacial score (nSPS) is 8.45. The molecule has 1 aromatic rings. The Bertz CT molecular complexity index is 264. The maximum absolute atomic E-state index is 12.5. The third-order valence-electron chi connectivity index (χ3n) is 1.14. The Labute approximate surface area is 85.9 Å². The number of nitrogens with two attached hydrogens (primary N) is 1. The third kappa shape index (κ3) is 2.61. The van der Waals surface area contributed by atoms with Crippen molar-refractivity contribution in [3.8, 4) is 0 Å². The van der Waals surface area contributed by atoms with E-state index in [0.717, 1.165) is 0 Å². The van der Waals surface area contributed by atoms with Gasteiger partial charge in [-0.2, -0.15) is 0 Å². The van der Waals surface area contributed by atoms with Gasteiger partial charge in [0.2, 0.25) is 0 Å². The second-order valence-electron chi connectivity index (χ2n) is 1.84.